The third kappa shape index (κ3) is 3.10. The minimum Gasteiger partial charge on any atom is -0.445 e. The average molecular weight is 460 g/mol. The number of rotatable bonds is 4. The summed E-state index contributed by atoms with van der Waals surface area (Å²) < 4.78 is 7.84. The van der Waals surface area contributed by atoms with Gasteiger partial charge in [0.15, 0.2) is 10.4 Å². The van der Waals surface area contributed by atoms with Gasteiger partial charge in [0.25, 0.3) is 0 Å². The quantitative estimate of drug-likeness (QED) is 0.367. The smallest absolute Gasteiger partial charge is 0.325 e. The van der Waals surface area contributed by atoms with E-state index in [0.717, 1.165) is 0 Å². The van der Waals surface area contributed by atoms with Gasteiger partial charge in [-0.05, 0) is 44.9 Å². The summed E-state index contributed by atoms with van der Waals surface area (Å²) in [4.78, 5) is 30.0. The third-order valence-electron chi connectivity index (χ3n) is 4.28. The number of nitrogens with one attached hydrogen (secondary N) is 1. The monoisotopic (exact) mass is 459 g/mol. The maximum Gasteiger partial charge on any atom is 0.325 e. The van der Waals surface area contributed by atoms with Crippen LogP contribution in [-0.4, -0.2) is 21.7 Å². The molecule has 0 saturated heterocycles. The number of H-pyrrole nitrogens is 1. The first-order valence-corrected chi connectivity index (χ1v) is 10.2. The zero-order valence-corrected chi connectivity index (χ0v) is 17.3. The number of carbonyl (C=O) groups is 1. The van der Waals surface area contributed by atoms with Crippen molar-refractivity contribution in [1.82, 2.24) is 10.1 Å². The highest BCUT2D eigenvalue weighted by atomic mass is 79.9. The van der Waals surface area contributed by atoms with Crippen LogP contribution in [0.4, 0.5) is 5.69 Å². The van der Waals surface area contributed by atoms with Gasteiger partial charge in [-0.2, -0.15) is 0 Å². The number of furan rings is 1. The minimum atomic E-state index is -0.723. The van der Waals surface area contributed by atoms with Crippen LogP contribution >= 0.6 is 27.7 Å². The molecule has 0 unspecified atom stereocenters. The summed E-state index contributed by atoms with van der Waals surface area (Å²) in [7, 11) is 0. The molecular formula is C19H16BrN4O3S+. The molecule has 1 N–H and O–H groups in total. The molecule has 1 atom stereocenters. The molecule has 1 aromatic carbocycles. The fourth-order valence-electron chi connectivity index (χ4n) is 3.24. The highest BCUT2D eigenvalue weighted by Crippen LogP contribution is 2.37. The topological polar surface area (TPSA) is 83.1 Å². The standard InChI is InChI=1S/C19H15BrN4O3S/c1-3-10-28-19-21-17(26)16-12-6-4-5-7-13(12)23(11(2)25)18(24(16)22-19)14-8-9-15(20)27-14/h3-9,18H,1,10H2,2H3/p+1/t18-/m0/s1. The molecule has 0 fully saturated rings. The Hall–Kier alpha value is -2.65. The number of aromatic amines is 1. The van der Waals surface area contributed by atoms with E-state index >= 15 is 0 Å². The molecule has 0 aliphatic carbocycles. The van der Waals surface area contributed by atoms with E-state index in [2.05, 4.69) is 32.6 Å². The van der Waals surface area contributed by atoms with Crippen molar-refractivity contribution in [2.45, 2.75) is 18.2 Å². The van der Waals surface area contributed by atoms with E-state index < -0.39 is 6.17 Å². The van der Waals surface area contributed by atoms with E-state index in [1.807, 2.05) is 18.2 Å². The molecular weight excluding hydrogens is 444 g/mol. The van der Waals surface area contributed by atoms with Crippen LogP contribution in [0.2, 0.25) is 0 Å². The van der Waals surface area contributed by atoms with E-state index in [1.54, 1.807) is 33.9 Å². The lowest BCUT2D eigenvalue weighted by atomic mass is 10.0. The molecule has 0 bridgehead atoms. The summed E-state index contributed by atoms with van der Waals surface area (Å²) in [6.07, 6.45) is 1.01. The number of hydrogen-bond donors (Lipinski definition) is 1. The third-order valence-corrected chi connectivity index (χ3v) is 5.57. The number of aromatic nitrogens is 3. The van der Waals surface area contributed by atoms with Gasteiger partial charge in [-0.25, -0.2) is 4.90 Å². The number of halogens is 1. The van der Waals surface area contributed by atoms with Crippen molar-refractivity contribution >= 4 is 39.3 Å². The van der Waals surface area contributed by atoms with Crippen molar-refractivity contribution in [3.8, 4) is 11.3 Å². The molecule has 1 amide bonds. The summed E-state index contributed by atoms with van der Waals surface area (Å²) in [6.45, 7) is 5.18. The first-order chi connectivity index (χ1) is 13.5. The molecule has 0 radical (unpaired) electrons. The Morgan fingerprint density at radius 3 is 2.89 bits per heavy atom. The van der Waals surface area contributed by atoms with Crippen LogP contribution < -0.4 is 15.1 Å². The number of amides is 1. The van der Waals surface area contributed by atoms with E-state index in [9.17, 15) is 9.59 Å². The van der Waals surface area contributed by atoms with Crippen LogP contribution in [-0.2, 0) is 4.79 Å². The Morgan fingerprint density at radius 1 is 1.43 bits per heavy atom. The maximum absolute atomic E-state index is 13.0. The molecule has 2 aromatic heterocycles. The van der Waals surface area contributed by atoms with Crippen LogP contribution in [0.5, 0.6) is 0 Å². The van der Waals surface area contributed by atoms with E-state index in [4.69, 9.17) is 4.42 Å². The second kappa shape index (κ2) is 7.40. The van der Waals surface area contributed by atoms with Gasteiger partial charge in [-0.15, -0.1) is 6.58 Å². The lowest BCUT2D eigenvalue weighted by molar-refractivity contribution is -0.764. The maximum atomic E-state index is 13.0. The fraction of sp³-hybridized carbons (Fsp3) is 0.158. The largest absolute Gasteiger partial charge is 0.445 e. The summed E-state index contributed by atoms with van der Waals surface area (Å²) in [6, 6.07) is 10.8. The lowest BCUT2D eigenvalue weighted by Crippen LogP contribution is -2.60. The SMILES string of the molecule is C=CCSc1n[n+]2c(c(=O)[nH]1)-c1ccccc1N(C(C)=O)[C@@H]2c1ccc(Br)o1. The number of nitrogens with zero attached hydrogens (tertiary/aromatic N) is 3. The molecule has 0 saturated carbocycles. The van der Waals surface area contributed by atoms with Gasteiger partial charge in [-0.1, -0.05) is 30.0 Å². The van der Waals surface area contributed by atoms with E-state index in [-0.39, 0.29) is 11.5 Å². The molecule has 0 spiro atoms. The molecule has 4 rings (SSSR count). The number of carbonyl (C=O) groups excluding carboxylic acids is 1. The van der Waals surface area contributed by atoms with Crippen molar-refractivity contribution in [3.05, 3.63) is 69.8 Å². The lowest BCUT2D eigenvalue weighted by Gasteiger charge is -2.29. The summed E-state index contributed by atoms with van der Waals surface area (Å²) in [5, 5.41) is 5.05. The average Bonchev–Trinajstić information content (AvgIpc) is 3.10. The van der Waals surface area contributed by atoms with Gasteiger partial charge >= 0.3 is 17.4 Å². The zero-order chi connectivity index (χ0) is 19.8. The first kappa shape index (κ1) is 18.7. The predicted molar refractivity (Wildman–Crippen MR) is 109 cm³/mol. The Labute approximate surface area is 173 Å². The predicted octanol–water partition coefficient (Wildman–Crippen LogP) is 3.27. The highest BCUT2D eigenvalue weighted by molar-refractivity contribution is 9.10. The van der Waals surface area contributed by atoms with Gasteiger partial charge in [0, 0.05) is 17.8 Å². The van der Waals surface area contributed by atoms with Crippen LogP contribution in [0.15, 0.2) is 68.1 Å². The summed E-state index contributed by atoms with van der Waals surface area (Å²) in [5.41, 5.74) is 1.35. The molecule has 9 heteroatoms. The van der Waals surface area contributed by atoms with Crippen LogP contribution in [0, 0.1) is 0 Å². The van der Waals surface area contributed by atoms with Crippen LogP contribution in [0.25, 0.3) is 11.3 Å². The van der Waals surface area contributed by atoms with Gasteiger partial charge in [-0.3, -0.25) is 14.6 Å². The summed E-state index contributed by atoms with van der Waals surface area (Å²) >= 11 is 4.66. The van der Waals surface area contributed by atoms with Gasteiger partial charge in [0.2, 0.25) is 11.1 Å². The fourth-order valence-corrected chi connectivity index (χ4v) is 4.15. The van der Waals surface area contributed by atoms with Crippen molar-refractivity contribution in [2.24, 2.45) is 0 Å². The number of anilines is 1. The zero-order valence-electron chi connectivity index (χ0n) is 14.9. The van der Waals surface area contributed by atoms with Crippen molar-refractivity contribution in [1.29, 1.82) is 0 Å². The van der Waals surface area contributed by atoms with Crippen LogP contribution in [0.3, 0.4) is 0 Å². The Bertz CT molecular complexity index is 1140. The molecule has 1 aliphatic rings. The van der Waals surface area contributed by atoms with Gasteiger partial charge < -0.3 is 4.42 Å². The van der Waals surface area contributed by atoms with Crippen molar-refractivity contribution < 1.29 is 13.9 Å². The number of hydrogen-bond acceptors (Lipinski definition) is 5. The van der Waals surface area contributed by atoms with Crippen molar-refractivity contribution in [2.75, 3.05) is 10.7 Å². The molecule has 28 heavy (non-hydrogen) atoms. The number of thioether (sulfide) groups is 1. The molecule has 142 valence electrons. The minimum absolute atomic E-state index is 0.189. The van der Waals surface area contributed by atoms with E-state index in [1.165, 1.54) is 18.7 Å². The number of para-hydroxylation sites is 1. The molecule has 3 aromatic rings. The normalized spacial score (nSPS) is 15.1. The Balaban J connectivity index is 2.03. The molecule has 3 heterocycles. The van der Waals surface area contributed by atoms with Gasteiger partial charge in [0.1, 0.15) is 0 Å². The number of fused-ring (bicyclic) bond motifs is 3. The highest BCUT2D eigenvalue weighted by Gasteiger charge is 2.46. The molecule has 7 nitrogen and oxygen atoms in total. The molecule has 1 aliphatic heterocycles. The second-order valence-corrected chi connectivity index (χ2v) is 7.86. The first-order valence-electron chi connectivity index (χ1n) is 8.45. The van der Waals surface area contributed by atoms with E-state index in [0.29, 0.717) is 38.3 Å². The second-order valence-electron chi connectivity index (χ2n) is 6.07. The van der Waals surface area contributed by atoms with Gasteiger partial charge in [0.05, 0.1) is 11.3 Å². The van der Waals surface area contributed by atoms with Crippen molar-refractivity contribution in [3.63, 3.8) is 0 Å². The Kier molecular flexibility index (Phi) is 4.94. The summed E-state index contributed by atoms with van der Waals surface area (Å²) in [5.74, 6) is 0.887. The van der Waals surface area contributed by atoms with Crippen LogP contribution in [0.1, 0.15) is 18.8 Å². The number of benzene rings is 1. The Morgan fingerprint density at radius 2 is 2.21 bits per heavy atom.